The van der Waals surface area contributed by atoms with Gasteiger partial charge in [0.15, 0.2) is 0 Å². The highest BCUT2D eigenvalue weighted by Gasteiger charge is 2.30. The number of nitrogens with zero attached hydrogens (tertiary/aromatic N) is 5. The molecule has 14 nitrogen and oxygen atoms in total. The van der Waals surface area contributed by atoms with Crippen LogP contribution in [0.15, 0.2) is 0 Å². The van der Waals surface area contributed by atoms with Crippen LogP contribution in [0.3, 0.4) is 0 Å². The molecule has 0 aromatic rings. The number of hydroxylamine groups is 6. The predicted molar refractivity (Wildman–Crippen MR) is 128 cm³/mol. The molecular weight excluding hydrogens is 490 g/mol. The highest BCUT2D eigenvalue weighted by atomic mass is 16.7. The van der Waals surface area contributed by atoms with E-state index in [1.807, 2.05) is 4.90 Å². The molecule has 1 N–H and O–H groups in total. The van der Waals surface area contributed by atoms with Crippen LogP contribution in [0.2, 0.25) is 0 Å². The lowest BCUT2D eigenvalue weighted by Gasteiger charge is -2.33. The van der Waals surface area contributed by atoms with E-state index in [0.29, 0.717) is 13.1 Å². The van der Waals surface area contributed by atoms with Gasteiger partial charge in [-0.1, -0.05) is 12.8 Å². The fraction of sp³-hybridized carbons (Fsp3) is 0.783. The van der Waals surface area contributed by atoms with E-state index >= 15 is 0 Å². The van der Waals surface area contributed by atoms with Crippen molar-refractivity contribution < 1.29 is 43.6 Å². The number of hydrogen-bond acceptors (Lipinski definition) is 12. The second-order valence-electron chi connectivity index (χ2n) is 9.17. The molecule has 0 unspecified atom stereocenters. The largest absolute Gasteiger partial charge is 0.480 e. The molecule has 0 aromatic carbocycles. The molecule has 14 heteroatoms. The molecular formula is C23H39N5O9. The number of carbonyl (C=O) groups excluding carboxylic acids is 4. The van der Waals surface area contributed by atoms with Crippen LogP contribution in [0.1, 0.15) is 46.5 Å². The average Bonchev–Trinajstić information content (AvgIpc) is 3.32. The first kappa shape index (κ1) is 30.4. The smallest absolute Gasteiger partial charge is 0.323 e. The molecule has 1 heterocycles. The number of amides is 1. The molecule has 2 fully saturated rings. The van der Waals surface area contributed by atoms with Gasteiger partial charge in [0.2, 0.25) is 5.91 Å². The van der Waals surface area contributed by atoms with Crippen LogP contribution in [0.5, 0.6) is 0 Å². The first-order valence-corrected chi connectivity index (χ1v) is 12.6. The molecule has 1 aliphatic carbocycles. The van der Waals surface area contributed by atoms with Crippen molar-refractivity contribution >= 4 is 29.8 Å². The van der Waals surface area contributed by atoms with E-state index in [1.54, 1.807) is 0 Å². The summed E-state index contributed by atoms with van der Waals surface area (Å²) in [4.78, 5) is 78.6. The Kier molecular flexibility index (Phi) is 12.7. The van der Waals surface area contributed by atoms with E-state index in [4.69, 9.17) is 14.5 Å². The van der Waals surface area contributed by atoms with Gasteiger partial charge in [-0.05, 0) is 12.8 Å². The van der Waals surface area contributed by atoms with E-state index in [-0.39, 0.29) is 64.3 Å². The molecule has 1 saturated carbocycles. The molecule has 37 heavy (non-hydrogen) atoms. The summed E-state index contributed by atoms with van der Waals surface area (Å²) in [7, 11) is 0. The number of aliphatic carboxylic acids is 1. The van der Waals surface area contributed by atoms with Crippen molar-refractivity contribution in [1.82, 2.24) is 25.0 Å². The highest BCUT2D eigenvalue weighted by Crippen LogP contribution is 2.23. The maximum absolute atomic E-state index is 13.2. The van der Waals surface area contributed by atoms with E-state index < -0.39 is 23.9 Å². The first-order chi connectivity index (χ1) is 17.5. The highest BCUT2D eigenvalue weighted by molar-refractivity contribution is 5.83. The number of rotatable bonds is 8. The lowest BCUT2D eigenvalue weighted by Crippen LogP contribution is -2.51. The van der Waals surface area contributed by atoms with E-state index in [9.17, 15) is 29.1 Å². The van der Waals surface area contributed by atoms with Crippen molar-refractivity contribution in [1.29, 1.82) is 0 Å². The molecule has 0 spiro atoms. The molecule has 0 atom stereocenters. The lowest BCUT2D eigenvalue weighted by molar-refractivity contribution is -0.217. The Balaban J connectivity index is 2.18. The summed E-state index contributed by atoms with van der Waals surface area (Å²) in [6.45, 7) is 5.43. The van der Waals surface area contributed by atoms with E-state index in [0.717, 1.165) is 25.7 Å². The Morgan fingerprint density at radius 2 is 1.08 bits per heavy atom. The maximum Gasteiger partial charge on any atom is 0.323 e. The summed E-state index contributed by atoms with van der Waals surface area (Å²) in [5.74, 6) is -2.89. The van der Waals surface area contributed by atoms with Gasteiger partial charge in [0.1, 0.15) is 6.54 Å². The van der Waals surface area contributed by atoms with Crippen LogP contribution in [0.25, 0.3) is 0 Å². The van der Waals surface area contributed by atoms with Gasteiger partial charge in [-0.2, -0.15) is 0 Å². The Bertz CT molecular complexity index is 773. The molecule has 0 aromatic heterocycles. The normalized spacial score (nSPS) is 19.9. The van der Waals surface area contributed by atoms with Crippen molar-refractivity contribution in [2.75, 3.05) is 65.4 Å². The topological polar surface area (TPSA) is 149 Å². The predicted octanol–water partition coefficient (Wildman–Crippen LogP) is -0.502. The summed E-state index contributed by atoms with van der Waals surface area (Å²) in [6, 6.07) is -0.0987. The van der Waals surface area contributed by atoms with Gasteiger partial charge in [-0.25, -0.2) is 0 Å². The minimum Gasteiger partial charge on any atom is -0.480 e. The van der Waals surface area contributed by atoms with Crippen molar-refractivity contribution in [2.24, 2.45) is 0 Å². The minimum atomic E-state index is -1.06. The van der Waals surface area contributed by atoms with Crippen molar-refractivity contribution in [3.63, 3.8) is 0 Å². The van der Waals surface area contributed by atoms with Gasteiger partial charge < -0.3 is 24.5 Å². The molecule has 2 aliphatic rings. The number of carboxylic acids is 1. The third-order valence-electron chi connectivity index (χ3n) is 6.05. The average molecular weight is 530 g/mol. The zero-order valence-corrected chi connectivity index (χ0v) is 21.9. The lowest BCUT2D eigenvalue weighted by atomic mass is 10.2. The second-order valence-corrected chi connectivity index (χ2v) is 9.17. The summed E-state index contributed by atoms with van der Waals surface area (Å²) in [5, 5.41) is 13.7. The zero-order valence-electron chi connectivity index (χ0n) is 21.9. The van der Waals surface area contributed by atoms with Crippen LogP contribution in [-0.2, 0) is 38.5 Å². The van der Waals surface area contributed by atoms with Crippen LogP contribution in [0.4, 0.5) is 0 Å². The Labute approximate surface area is 216 Å². The second kappa shape index (κ2) is 15.4. The van der Waals surface area contributed by atoms with Crippen molar-refractivity contribution in [3.05, 3.63) is 0 Å². The molecule has 2 rings (SSSR count). The molecule has 1 aliphatic heterocycles. The number of carboxylic acid groups (broad SMARTS) is 1. The fourth-order valence-electron chi connectivity index (χ4n) is 4.44. The van der Waals surface area contributed by atoms with Gasteiger partial charge in [0.05, 0.1) is 32.7 Å². The number of hydrogen-bond donors (Lipinski definition) is 1. The van der Waals surface area contributed by atoms with Crippen LogP contribution in [0, 0.1) is 0 Å². The molecule has 0 radical (unpaired) electrons. The van der Waals surface area contributed by atoms with Gasteiger partial charge >= 0.3 is 23.9 Å². The molecule has 1 amide bonds. The molecule has 210 valence electrons. The monoisotopic (exact) mass is 529 g/mol. The molecule has 1 saturated heterocycles. The van der Waals surface area contributed by atoms with Crippen LogP contribution >= 0.6 is 0 Å². The third-order valence-corrected chi connectivity index (χ3v) is 6.05. The summed E-state index contributed by atoms with van der Waals surface area (Å²) >= 11 is 0. The SMILES string of the molecule is CC(=O)ON1CCN(CC(=O)N(CC(=O)O)C2CCCC2)CCN(OC(C)=O)CCN(OC(C)=O)CC1. The first-order valence-electron chi connectivity index (χ1n) is 12.6. The summed E-state index contributed by atoms with van der Waals surface area (Å²) < 4.78 is 0. The van der Waals surface area contributed by atoms with E-state index in [1.165, 1.54) is 40.9 Å². The third kappa shape index (κ3) is 11.9. The quantitative estimate of drug-likeness (QED) is 0.431. The van der Waals surface area contributed by atoms with Gasteiger partial charge in [-0.15, -0.1) is 15.2 Å². The Morgan fingerprint density at radius 1 is 0.703 bits per heavy atom. The number of carbonyl (C=O) groups is 5. The Morgan fingerprint density at radius 3 is 1.43 bits per heavy atom. The van der Waals surface area contributed by atoms with Gasteiger partial charge in [0, 0.05) is 53.0 Å². The van der Waals surface area contributed by atoms with Crippen LogP contribution in [-0.4, -0.2) is 131 Å². The maximum atomic E-state index is 13.2. The minimum absolute atomic E-state index is 0.0365. The summed E-state index contributed by atoms with van der Waals surface area (Å²) in [6.07, 6.45) is 3.46. The van der Waals surface area contributed by atoms with Gasteiger partial charge in [-0.3, -0.25) is 28.9 Å². The fourth-order valence-corrected chi connectivity index (χ4v) is 4.44. The zero-order chi connectivity index (χ0) is 27.4. The Hall–Kier alpha value is -2.81. The molecule has 0 bridgehead atoms. The van der Waals surface area contributed by atoms with E-state index in [2.05, 4.69) is 0 Å². The van der Waals surface area contributed by atoms with Crippen molar-refractivity contribution in [2.45, 2.75) is 52.5 Å². The van der Waals surface area contributed by atoms with Gasteiger partial charge in [0.25, 0.3) is 0 Å². The van der Waals surface area contributed by atoms with Crippen molar-refractivity contribution in [3.8, 4) is 0 Å². The standard InChI is InChI=1S/C23H39N5O9/c1-18(29)35-25-10-8-24(16-22(32)28(17-23(33)34)21-6-4-5-7-21)9-11-26(36-19(2)30)13-15-27(14-12-25)37-20(3)31/h21H,4-17H2,1-3H3,(H,33,34). The summed E-state index contributed by atoms with van der Waals surface area (Å²) in [5.41, 5.74) is 0. The van der Waals surface area contributed by atoms with Crippen LogP contribution < -0.4 is 0 Å².